The largest absolute Gasteiger partial charge is 0.493 e. The Hall–Kier alpha value is -3.41. The maximum atomic E-state index is 13.6. The van der Waals surface area contributed by atoms with Crippen LogP contribution in [0.5, 0.6) is 23.0 Å². The Morgan fingerprint density at radius 2 is 1.72 bits per heavy atom. The van der Waals surface area contributed by atoms with Gasteiger partial charge in [0.25, 0.3) is 0 Å². The summed E-state index contributed by atoms with van der Waals surface area (Å²) in [5, 5.41) is 0. The molecule has 1 aliphatic carbocycles. The summed E-state index contributed by atoms with van der Waals surface area (Å²) < 4.78 is 23.1. The molecule has 4 aliphatic rings. The molecule has 36 heavy (non-hydrogen) atoms. The van der Waals surface area contributed by atoms with Crippen molar-refractivity contribution in [3.05, 3.63) is 64.4 Å². The first-order valence-corrected chi connectivity index (χ1v) is 12.8. The van der Waals surface area contributed by atoms with E-state index in [0.717, 1.165) is 59.8 Å². The second-order valence-electron chi connectivity index (χ2n) is 10.9. The molecule has 3 heterocycles. The van der Waals surface area contributed by atoms with Gasteiger partial charge in [0, 0.05) is 47.8 Å². The number of rotatable bonds is 3. The molecule has 1 atom stereocenters. The van der Waals surface area contributed by atoms with Crippen LogP contribution in [0, 0.1) is 5.41 Å². The average Bonchev–Trinajstić information content (AvgIpc) is 3.10. The fourth-order valence-corrected chi connectivity index (χ4v) is 6.10. The van der Waals surface area contributed by atoms with Crippen LogP contribution < -0.4 is 18.9 Å². The topological polar surface area (TPSA) is 57.2 Å². The van der Waals surface area contributed by atoms with Gasteiger partial charge in [-0.3, -0.25) is 4.79 Å². The quantitative estimate of drug-likeness (QED) is 0.570. The SMILES string of the molecule is COc1ccc(C2C=C3c4cc5c(cc4CCN3C3=C2C(=O)CC(C)(C)C3)OCCCO5)cc1OC. The van der Waals surface area contributed by atoms with E-state index in [1.54, 1.807) is 14.2 Å². The summed E-state index contributed by atoms with van der Waals surface area (Å²) in [6.45, 7) is 6.57. The fraction of sp³-hybridized carbons (Fsp3) is 0.433. The normalized spacial score (nSPS) is 22.1. The lowest BCUT2D eigenvalue weighted by Crippen LogP contribution is -2.40. The lowest BCUT2D eigenvalue weighted by atomic mass is 9.69. The van der Waals surface area contributed by atoms with Crippen LogP contribution in [0.3, 0.4) is 0 Å². The van der Waals surface area contributed by atoms with E-state index < -0.39 is 0 Å². The number of fused-ring (bicyclic) bond motifs is 5. The molecule has 2 aromatic carbocycles. The predicted molar refractivity (Wildman–Crippen MR) is 138 cm³/mol. The van der Waals surface area contributed by atoms with Crippen LogP contribution in [-0.4, -0.2) is 44.7 Å². The van der Waals surface area contributed by atoms with E-state index in [-0.39, 0.29) is 17.1 Å². The van der Waals surface area contributed by atoms with Crippen LogP contribution in [0.15, 0.2) is 47.7 Å². The lowest BCUT2D eigenvalue weighted by Gasteiger charge is -2.46. The fourth-order valence-electron chi connectivity index (χ4n) is 6.10. The van der Waals surface area contributed by atoms with Crippen molar-refractivity contribution in [2.75, 3.05) is 34.0 Å². The Kier molecular flexibility index (Phi) is 5.51. The molecule has 0 bridgehead atoms. The van der Waals surface area contributed by atoms with E-state index in [2.05, 4.69) is 37.0 Å². The van der Waals surface area contributed by atoms with Crippen LogP contribution >= 0.6 is 0 Å². The van der Waals surface area contributed by atoms with Crippen molar-refractivity contribution in [1.29, 1.82) is 0 Å². The lowest BCUT2D eigenvalue weighted by molar-refractivity contribution is -0.118. The van der Waals surface area contributed by atoms with Gasteiger partial charge in [0.1, 0.15) is 0 Å². The third-order valence-electron chi connectivity index (χ3n) is 7.77. The Morgan fingerprint density at radius 1 is 0.972 bits per heavy atom. The summed E-state index contributed by atoms with van der Waals surface area (Å²) in [7, 11) is 3.28. The number of carbonyl (C=O) groups excluding carboxylic acids is 1. The molecule has 0 saturated carbocycles. The van der Waals surface area contributed by atoms with Gasteiger partial charge < -0.3 is 23.8 Å². The van der Waals surface area contributed by atoms with Crippen molar-refractivity contribution in [1.82, 2.24) is 4.90 Å². The molecule has 6 heteroatoms. The van der Waals surface area contributed by atoms with Crippen molar-refractivity contribution < 1.29 is 23.7 Å². The minimum atomic E-state index is -0.156. The van der Waals surface area contributed by atoms with Crippen LogP contribution in [0.4, 0.5) is 0 Å². The van der Waals surface area contributed by atoms with Crippen LogP contribution in [0.1, 0.15) is 55.7 Å². The minimum Gasteiger partial charge on any atom is -0.493 e. The number of hydrogen-bond donors (Lipinski definition) is 0. The number of benzene rings is 2. The highest BCUT2D eigenvalue weighted by molar-refractivity contribution is 6.01. The monoisotopic (exact) mass is 487 g/mol. The van der Waals surface area contributed by atoms with E-state index in [1.165, 1.54) is 11.1 Å². The first kappa shape index (κ1) is 23.0. The van der Waals surface area contributed by atoms with Crippen molar-refractivity contribution in [2.45, 2.75) is 45.4 Å². The summed E-state index contributed by atoms with van der Waals surface area (Å²) in [5.41, 5.74) is 6.61. The van der Waals surface area contributed by atoms with Crippen molar-refractivity contribution in [3.8, 4) is 23.0 Å². The van der Waals surface area contributed by atoms with Crippen molar-refractivity contribution in [2.24, 2.45) is 5.41 Å². The number of Topliss-reactive ketones (excluding diaryl/α,β-unsaturated/α-hetero) is 1. The number of ketones is 1. The Labute approximate surface area is 212 Å². The second-order valence-corrected chi connectivity index (χ2v) is 10.9. The van der Waals surface area contributed by atoms with Gasteiger partial charge in [-0.1, -0.05) is 19.9 Å². The molecule has 0 saturated heterocycles. The summed E-state index contributed by atoms with van der Waals surface area (Å²) in [6.07, 6.45) is 5.47. The van der Waals surface area contributed by atoms with Gasteiger partial charge in [0.15, 0.2) is 28.8 Å². The molecule has 0 spiro atoms. The molecular weight excluding hydrogens is 454 g/mol. The standard InChI is InChI=1S/C30H33NO5/c1-30(2)16-23-29(24(32)17-30)21(18-6-7-25(33-3)26(12-18)34-4)14-22-20-15-28-27(35-10-5-11-36-28)13-19(20)8-9-31(22)23/h6-7,12-15,21H,5,8-11,16-17H2,1-4H3. The van der Waals surface area contributed by atoms with E-state index in [9.17, 15) is 4.79 Å². The van der Waals surface area contributed by atoms with E-state index in [4.69, 9.17) is 18.9 Å². The highest BCUT2D eigenvalue weighted by Crippen LogP contribution is 2.51. The molecule has 1 unspecified atom stereocenters. The van der Waals surface area contributed by atoms with Crippen molar-refractivity contribution in [3.63, 3.8) is 0 Å². The molecule has 0 N–H and O–H groups in total. The average molecular weight is 488 g/mol. The van der Waals surface area contributed by atoms with E-state index in [1.807, 2.05) is 18.2 Å². The van der Waals surface area contributed by atoms with E-state index >= 15 is 0 Å². The van der Waals surface area contributed by atoms with Crippen LogP contribution in [-0.2, 0) is 11.2 Å². The highest BCUT2D eigenvalue weighted by Gasteiger charge is 2.43. The van der Waals surface area contributed by atoms with Gasteiger partial charge in [0.05, 0.1) is 27.4 Å². The number of hydrogen-bond acceptors (Lipinski definition) is 6. The summed E-state index contributed by atoms with van der Waals surface area (Å²) in [5.74, 6) is 3.07. The zero-order chi connectivity index (χ0) is 25.0. The molecule has 6 nitrogen and oxygen atoms in total. The van der Waals surface area contributed by atoms with Gasteiger partial charge in [-0.15, -0.1) is 0 Å². The third-order valence-corrected chi connectivity index (χ3v) is 7.77. The number of methoxy groups -OCH3 is 2. The van der Waals surface area contributed by atoms with Crippen LogP contribution in [0.2, 0.25) is 0 Å². The number of nitrogens with zero attached hydrogens (tertiary/aromatic N) is 1. The number of ether oxygens (including phenoxy) is 4. The van der Waals surface area contributed by atoms with Gasteiger partial charge in [-0.2, -0.15) is 0 Å². The Bertz CT molecular complexity index is 1300. The zero-order valence-electron chi connectivity index (χ0n) is 21.5. The molecular formula is C30H33NO5. The molecule has 2 aromatic rings. The number of carbonyl (C=O) groups is 1. The van der Waals surface area contributed by atoms with E-state index in [0.29, 0.717) is 31.1 Å². The summed E-state index contributed by atoms with van der Waals surface area (Å²) in [4.78, 5) is 16.0. The smallest absolute Gasteiger partial charge is 0.162 e. The molecule has 0 fully saturated rings. The third kappa shape index (κ3) is 3.74. The number of allylic oxidation sites excluding steroid dienone is 3. The molecule has 0 aromatic heterocycles. The summed E-state index contributed by atoms with van der Waals surface area (Å²) >= 11 is 0. The van der Waals surface area contributed by atoms with Gasteiger partial charge >= 0.3 is 0 Å². The molecule has 0 amide bonds. The first-order chi connectivity index (χ1) is 17.4. The van der Waals surface area contributed by atoms with Gasteiger partial charge in [0.2, 0.25) is 0 Å². The predicted octanol–water partition coefficient (Wildman–Crippen LogP) is 5.50. The van der Waals surface area contributed by atoms with Crippen LogP contribution in [0.25, 0.3) is 5.70 Å². The zero-order valence-corrected chi connectivity index (χ0v) is 21.5. The Balaban J connectivity index is 1.53. The second kappa shape index (κ2) is 8.61. The molecule has 3 aliphatic heterocycles. The first-order valence-electron chi connectivity index (χ1n) is 12.8. The molecule has 188 valence electrons. The Morgan fingerprint density at radius 3 is 2.47 bits per heavy atom. The summed E-state index contributed by atoms with van der Waals surface area (Å²) in [6, 6.07) is 10.3. The molecule has 6 rings (SSSR count). The maximum Gasteiger partial charge on any atom is 0.162 e. The maximum absolute atomic E-state index is 13.6. The highest BCUT2D eigenvalue weighted by atomic mass is 16.5. The molecule has 0 radical (unpaired) electrons. The van der Waals surface area contributed by atoms with Gasteiger partial charge in [-0.05, 0) is 59.7 Å². The van der Waals surface area contributed by atoms with Crippen molar-refractivity contribution >= 4 is 11.5 Å². The minimum absolute atomic E-state index is 0.0779. The van der Waals surface area contributed by atoms with Gasteiger partial charge in [-0.25, -0.2) is 0 Å².